The minimum Gasteiger partial charge on any atom is -0.494 e. The Morgan fingerprint density at radius 1 is 1.12 bits per heavy atom. The Hall–Kier alpha value is -2.64. The van der Waals surface area contributed by atoms with Crippen LogP contribution in [0.15, 0.2) is 42.5 Å². The Morgan fingerprint density at radius 2 is 1.94 bits per heavy atom. The zero-order valence-electron chi connectivity index (χ0n) is 19.7. The van der Waals surface area contributed by atoms with E-state index in [1.165, 1.54) is 10.3 Å². The SMILES string of the molecule is CCCCOc1cccc(C(=O)NCCN2CCN(c3nc4c(CC)cccc4s3)CC2)c1. The number of para-hydroxylation sites is 1. The summed E-state index contributed by atoms with van der Waals surface area (Å²) >= 11 is 1.79. The van der Waals surface area contributed by atoms with Crippen LogP contribution >= 0.6 is 11.3 Å². The molecule has 7 heteroatoms. The van der Waals surface area contributed by atoms with Crippen molar-refractivity contribution in [1.82, 2.24) is 15.2 Å². The van der Waals surface area contributed by atoms with Crippen molar-refractivity contribution in [1.29, 1.82) is 0 Å². The summed E-state index contributed by atoms with van der Waals surface area (Å²) in [4.78, 5) is 22.3. The molecule has 0 bridgehead atoms. The normalized spacial score (nSPS) is 14.5. The highest BCUT2D eigenvalue weighted by Gasteiger charge is 2.20. The molecule has 1 saturated heterocycles. The van der Waals surface area contributed by atoms with Crippen LogP contribution in [0.2, 0.25) is 0 Å². The molecule has 3 aromatic rings. The molecule has 0 spiro atoms. The van der Waals surface area contributed by atoms with Gasteiger partial charge in [0, 0.05) is 44.8 Å². The molecule has 1 fully saturated rings. The van der Waals surface area contributed by atoms with Gasteiger partial charge in [0.25, 0.3) is 5.91 Å². The third-order valence-electron chi connectivity index (χ3n) is 6.09. The number of hydrogen-bond acceptors (Lipinski definition) is 6. The van der Waals surface area contributed by atoms with E-state index >= 15 is 0 Å². The van der Waals surface area contributed by atoms with E-state index < -0.39 is 0 Å². The van der Waals surface area contributed by atoms with Crippen molar-refractivity contribution in [3.63, 3.8) is 0 Å². The zero-order valence-corrected chi connectivity index (χ0v) is 20.5. The number of carbonyl (C=O) groups is 1. The lowest BCUT2D eigenvalue weighted by Crippen LogP contribution is -2.48. The van der Waals surface area contributed by atoms with E-state index in [-0.39, 0.29) is 5.91 Å². The summed E-state index contributed by atoms with van der Waals surface area (Å²) in [5.41, 5.74) is 3.13. The minimum absolute atomic E-state index is 0.0456. The van der Waals surface area contributed by atoms with Crippen molar-refractivity contribution in [2.45, 2.75) is 33.1 Å². The number of hydrogen-bond donors (Lipinski definition) is 1. The predicted molar refractivity (Wildman–Crippen MR) is 137 cm³/mol. The predicted octanol–water partition coefficient (Wildman–Crippen LogP) is 4.59. The third-order valence-corrected chi connectivity index (χ3v) is 7.17. The molecule has 1 amide bonds. The molecule has 1 aromatic heterocycles. The fourth-order valence-electron chi connectivity index (χ4n) is 4.07. The van der Waals surface area contributed by atoms with Gasteiger partial charge in [0.2, 0.25) is 0 Å². The fraction of sp³-hybridized carbons (Fsp3) is 0.462. The van der Waals surface area contributed by atoms with Crippen LogP contribution in [-0.4, -0.2) is 61.7 Å². The van der Waals surface area contributed by atoms with Crippen LogP contribution < -0.4 is 15.0 Å². The molecule has 2 heterocycles. The van der Waals surface area contributed by atoms with E-state index in [4.69, 9.17) is 9.72 Å². The quantitative estimate of drug-likeness (QED) is 0.443. The van der Waals surface area contributed by atoms with Crippen molar-refractivity contribution in [2.24, 2.45) is 0 Å². The Kier molecular flexibility index (Phi) is 8.18. The van der Waals surface area contributed by atoms with Crippen LogP contribution in [0.1, 0.15) is 42.6 Å². The van der Waals surface area contributed by atoms with Crippen LogP contribution in [0, 0.1) is 0 Å². The van der Waals surface area contributed by atoms with E-state index in [1.807, 2.05) is 24.3 Å². The first-order valence-electron chi connectivity index (χ1n) is 12.0. The Bertz CT molecular complexity index is 1060. The number of thiazole rings is 1. The second kappa shape index (κ2) is 11.5. The van der Waals surface area contributed by atoms with Crippen LogP contribution in [0.25, 0.3) is 10.2 Å². The number of unbranched alkanes of at least 4 members (excludes halogenated alkanes) is 1. The van der Waals surface area contributed by atoms with Gasteiger partial charge in [0.1, 0.15) is 5.75 Å². The largest absolute Gasteiger partial charge is 0.494 e. The van der Waals surface area contributed by atoms with E-state index in [0.29, 0.717) is 18.7 Å². The average Bonchev–Trinajstić information content (AvgIpc) is 3.29. The molecule has 0 aliphatic carbocycles. The molecule has 176 valence electrons. The van der Waals surface area contributed by atoms with Gasteiger partial charge < -0.3 is 15.0 Å². The molecule has 0 saturated carbocycles. The number of anilines is 1. The van der Waals surface area contributed by atoms with E-state index in [2.05, 4.69) is 47.2 Å². The van der Waals surface area contributed by atoms with E-state index in [9.17, 15) is 4.79 Å². The lowest BCUT2D eigenvalue weighted by atomic mass is 10.1. The lowest BCUT2D eigenvalue weighted by Gasteiger charge is -2.34. The topological polar surface area (TPSA) is 57.7 Å². The first-order chi connectivity index (χ1) is 16.2. The summed E-state index contributed by atoms with van der Waals surface area (Å²) in [6.07, 6.45) is 3.12. The number of nitrogens with zero attached hydrogens (tertiary/aromatic N) is 3. The summed E-state index contributed by atoms with van der Waals surface area (Å²) in [7, 11) is 0. The molecular weight excluding hydrogens is 432 g/mol. The highest BCUT2D eigenvalue weighted by Crippen LogP contribution is 2.31. The maximum atomic E-state index is 12.5. The summed E-state index contributed by atoms with van der Waals surface area (Å²) in [6, 6.07) is 13.9. The van der Waals surface area contributed by atoms with E-state index in [0.717, 1.165) is 68.4 Å². The molecule has 0 unspecified atom stereocenters. The van der Waals surface area contributed by atoms with Gasteiger partial charge in [-0.05, 0) is 42.7 Å². The van der Waals surface area contributed by atoms with Gasteiger partial charge in [-0.15, -0.1) is 0 Å². The molecule has 33 heavy (non-hydrogen) atoms. The molecule has 0 atom stereocenters. The van der Waals surface area contributed by atoms with Crippen molar-refractivity contribution in [3.05, 3.63) is 53.6 Å². The van der Waals surface area contributed by atoms with Gasteiger partial charge in [-0.1, -0.05) is 49.8 Å². The number of rotatable bonds is 10. The maximum Gasteiger partial charge on any atom is 0.251 e. The number of fused-ring (bicyclic) bond motifs is 1. The Balaban J connectivity index is 1.22. The number of aryl methyl sites for hydroxylation is 1. The lowest BCUT2D eigenvalue weighted by molar-refractivity contribution is 0.0947. The number of benzene rings is 2. The second-order valence-electron chi connectivity index (χ2n) is 8.43. The van der Waals surface area contributed by atoms with Gasteiger partial charge in [0.05, 0.1) is 16.8 Å². The molecule has 4 rings (SSSR count). The Labute approximate surface area is 200 Å². The van der Waals surface area contributed by atoms with Crippen LogP contribution in [0.3, 0.4) is 0 Å². The first-order valence-corrected chi connectivity index (χ1v) is 12.9. The molecule has 0 radical (unpaired) electrons. The van der Waals surface area contributed by atoms with Gasteiger partial charge >= 0.3 is 0 Å². The van der Waals surface area contributed by atoms with Crippen LogP contribution in [-0.2, 0) is 6.42 Å². The highest BCUT2D eigenvalue weighted by atomic mass is 32.1. The number of ether oxygens (including phenoxy) is 1. The summed E-state index contributed by atoms with van der Waals surface area (Å²) in [5.74, 6) is 0.712. The monoisotopic (exact) mass is 466 g/mol. The minimum atomic E-state index is -0.0456. The number of aromatic nitrogens is 1. The molecular formula is C26H34N4O2S. The number of carbonyl (C=O) groups excluding carboxylic acids is 1. The van der Waals surface area contributed by atoms with Gasteiger partial charge in [-0.25, -0.2) is 4.98 Å². The van der Waals surface area contributed by atoms with E-state index in [1.54, 1.807) is 11.3 Å². The number of amides is 1. The molecule has 6 nitrogen and oxygen atoms in total. The number of nitrogens with one attached hydrogen (secondary N) is 1. The Morgan fingerprint density at radius 3 is 2.73 bits per heavy atom. The molecule has 1 aliphatic heterocycles. The van der Waals surface area contributed by atoms with Gasteiger partial charge in [-0.2, -0.15) is 0 Å². The summed E-state index contributed by atoms with van der Waals surface area (Å²) < 4.78 is 6.99. The van der Waals surface area contributed by atoms with Crippen molar-refractivity contribution < 1.29 is 9.53 Å². The van der Waals surface area contributed by atoms with Gasteiger partial charge in [-0.3, -0.25) is 9.69 Å². The molecule has 1 aliphatic rings. The summed E-state index contributed by atoms with van der Waals surface area (Å²) in [5, 5.41) is 4.18. The number of piperazine rings is 1. The second-order valence-corrected chi connectivity index (χ2v) is 9.44. The summed E-state index contributed by atoms with van der Waals surface area (Å²) in [6.45, 7) is 10.4. The zero-order chi connectivity index (χ0) is 23.0. The van der Waals surface area contributed by atoms with Crippen LogP contribution in [0.5, 0.6) is 5.75 Å². The molecule has 1 N–H and O–H groups in total. The first kappa shape index (κ1) is 23.5. The molecule has 2 aromatic carbocycles. The maximum absolute atomic E-state index is 12.5. The third kappa shape index (κ3) is 6.03. The fourth-order valence-corrected chi connectivity index (χ4v) is 5.13. The van der Waals surface area contributed by atoms with Crippen molar-refractivity contribution in [3.8, 4) is 5.75 Å². The van der Waals surface area contributed by atoms with Crippen molar-refractivity contribution >= 4 is 32.6 Å². The smallest absolute Gasteiger partial charge is 0.251 e. The van der Waals surface area contributed by atoms with Gasteiger partial charge in [0.15, 0.2) is 5.13 Å². The van der Waals surface area contributed by atoms with Crippen molar-refractivity contribution in [2.75, 3.05) is 50.8 Å². The highest BCUT2D eigenvalue weighted by molar-refractivity contribution is 7.22. The standard InChI is InChI=1S/C26H34N4O2S/c1-3-5-18-32-22-10-6-9-21(19-22)25(31)27-12-13-29-14-16-30(17-15-29)26-28-24-20(4-2)8-7-11-23(24)33-26/h6-11,19H,3-5,12-18H2,1-2H3,(H,27,31). The van der Waals surface area contributed by atoms with Crippen LogP contribution in [0.4, 0.5) is 5.13 Å². The average molecular weight is 467 g/mol.